The number of aryl methyl sites for hydroxylation is 2. The minimum absolute atomic E-state index is 0.0481. The van der Waals surface area contributed by atoms with Crippen molar-refractivity contribution in [2.24, 2.45) is 11.8 Å². The van der Waals surface area contributed by atoms with Crippen molar-refractivity contribution >= 4 is 11.7 Å². The van der Waals surface area contributed by atoms with Gasteiger partial charge in [0.1, 0.15) is 23.1 Å². The van der Waals surface area contributed by atoms with Gasteiger partial charge in [-0.3, -0.25) is 4.79 Å². The average Bonchev–Trinajstić information content (AvgIpc) is 3.46. The molecule has 0 bridgehead atoms. The number of likely N-dealkylation sites (tertiary alicyclic amines) is 1. The highest BCUT2D eigenvalue weighted by Crippen LogP contribution is 2.37. The van der Waals surface area contributed by atoms with E-state index in [1.54, 1.807) is 32.4 Å². The molecule has 7 heteroatoms. The molecule has 158 valence electrons. The number of ether oxygens (including phenoxy) is 2. The van der Waals surface area contributed by atoms with Crippen LogP contribution in [0.4, 0.5) is 5.82 Å². The first kappa shape index (κ1) is 19.2. The molecule has 5 rings (SSSR count). The van der Waals surface area contributed by atoms with Gasteiger partial charge in [-0.1, -0.05) is 0 Å². The second kappa shape index (κ2) is 7.45. The van der Waals surface area contributed by atoms with E-state index in [0.29, 0.717) is 28.9 Å². The van der Waals surface area contributed by atoms with Crippen LogP contribution in [0, 0.1) is 18.8 Å². The molecule has 7 nitrogen and oxygen atoms in total. The molecule has 0 saturated carbocycles. The van der Waals surface area contributed by atoms with Crippen LogP contribution in [-0.4, -0.2) is 61.2 Å². The van der Waals surface area contributed by atoms with Crippen molar-refractivity contribution < 1.29 is 14.3 Å². The normalized spacial score (nSPS) is 22.2. The molecule has 2 unspecified atom stereocenters. The van der Waals surface area contributed by atoms with Gasteiger partial charge in [-0.25, -0.2) is 9.97 Å². The number of nitrogens with zero attached hydrogens (tertiary/aromatic N) is 4. The van der Waals surface area contributed by atoms with Gasteiger partial charge in [-0.05, 0) is 38.3 Å². The molecule has 1 amide bonds. The first-order valence-electron chi connectivity index (χ1n) is 10.7. The molecule has 1 aromatic carbocycles. The summed E-state index contributed by atoms with van der Waals surface area (Å²) in [6.07, 6.45) is 3.32. The van der Waals surface area contributed by atoms with Crippen molar-refractivity contribution in [3.8, 4) is 11.5 Å². The second-order valence-electron chi connectivity index (χ2n) is 8.61. The highest BCUT2D eigenvalue weighted by Gasteiger charge is 2.43. The summed E-state index contributed by atoms with van der Waals surface area (Å²) in [7, 11) is 3.20. The standard InChI is InChI=1S/C23H28N4O3/c1-14-24-21-6-4-5-20(21)22(25-14)26-10-16-12-27(13-17(16)11-26)23(28)15-7-18(29-2)9-19(8-15)30-3/h7-9,16-17H,4-6,10-13H2,1-3H3. The fraction of sp³-hybridized carbons (Fsp3) is 0.522. The third-order valence-electron chi connectivity index (χ3n) is 6.69. The van der Waals surface area contributed by atoms with E-state index in [-0.39, 0.29) is 5.91 Å². The van der Waals surface area contributed by atoms with Gasteiger partial charge in [0.15, 0.2) is 0 Å². The number of carbonyl (C=O) groups is 1. The molecule has 3 aliphatic rings. The van der Waals surface area contributed by atoms with Crippen LogP contribution in [0.3, 0.4) is 0 Å². The minimum atomic E-state index is 0.0481. The summed E-state index contributed by atoms with van der Waals surface area (Å²) in [6.45, 7) is 5.47. The third kappa shape index (κ3) is 3.26. The van der Waals surface area contributed by atoms with Crippen molar-refractivity contribution in [2.45, 2.75) is 26.2 Å². The predicted molar refractivity (Wildman–Crippen MR) is 113 cm³/mol. The molecule has 0 N–H and O–H groups in total. The minimum Gasteiger partial charge on any atom is -0.497 e. The number of methoxy groups -OCH3 is 2. The fourth-order valence-corrected chi connectivity index (χ4v) is 5.24. The third-order valence-corrected chi connectivity index (χ3v) is 6.69. The lowest BCUT2D eigenvalue weighted by Crippen LogP contribution is -2.34. The van der Waals surface area contributed by atoms with Crippen molar-refractivity contribution in [3.05, 3.63) is 40.8 Å². The summed E-state index contributed by atoms with van der Waals surface area (Å²) in [5.41, 5.74) is 3.20. The number of aromatic nitrogens is 2. The van der Waals surface area contributed by atoms with Gasteiger partial charge in [-0.2, -0.15) is 0 Å². The van der Waals surface area contributed by atoms with Crippen molar-refractivity contribution in [1.29, 1.82) is 0 Å². The number of hydrogen-bond acceptors (Lipinski definition) is 6. The van der Waals surface area contributed by atoms with Crippen LogP contribution in [0.25, 0.3) is 0 Å². The molecule has 0 radical (unpaired) electrons. The Bertz CT molecular complexity index is 956. The molecule has 2 aliphatic heterocycles. The Morgan fingerprint density at radius 2 is 1.63 bits per heavy atom. The first-order chi connectivity index (χ1) is 14.6. The number of carbonyl (C=O) groups excluding carboxylic acids is 1. The van der Waals surface area contributed by atoms with Crippen LogP contribution < -0.4 is 14.4 Å². The molecule has 2 aromatic rings. The number of fused-ring (bicyclic) bond motifs is 2. The Kier molecular flexibility index (Phi) is 4.76. The molecular weight excluding hydrogens is 380 g/mol. The van der Waals surface area contributed by atoms with Crippen LogP contribution in [0.1, 0.15) is 33.9 Å². The smallest absolute Gasteiger partial charge is 0.254 e. The molecule has 1 aromatic heterocycles. The molecule has 30 heavy (non-hydrogen) atoms. The molecule has 2 atom stereocenters. The lowest BCUT2D eigenvalue weighted by atomic mass is 10.0. The van der Waals surface area contributed by atoms with E-state index in [1.165, 1.54) is 17.7 Å². The number of benzene rings is 1. The van der Waals surface area contributed by atoms with Crippen molar-refractivity contribution in [1.82, 2.24) is 14.9 Å². The van der Waals surface area contributed by atoms with Crippen LogP contribution in [-0.2, 0) is 12.8 Å². The summed E-state index contributed by atoms with van der Waals surface area (Å²) in [6, 6.07) is 5.37. The van der Waals surface area contributed by atoms with E-state index in [0.717, 1.165) is 50.7 Å². The fourth-order valence-electron chi connectivity index (χ4n) is 5.24. The van der Waals surface area contributed by atoms with Crippen LogP contribution in [0.15, 0.2) is 18.2 Å². The van der Waals surface area contributed by atoms with E-state index in [4.69, 9.17) is 14.5 Å². The molecule has 1 aliphatic carbocycles. The highest BCUT2D eigenvalue weighted by atomic mass is 16.5. The number of hydrogen-bond donors (Lipinski definition) is 0. The SMILES string of the molecule is COc1cc(OC)cc(C(=O)N2CC3CN(c4nc(C)nc5c4CCC5)CC3C2)c1. The van der Waals surface area contributed by atoms with Gasteiger partial charge < -0.3 is 19.3 Å². The Balaban J connectivity index is 1.31. The summed E-state index contributed by atoms with van der Waals surface area (Å²) >= 11 is 0. The Hall–Kier alpha value is -2.83. The highest BCUT2D eigenvalue weighted by molar-refractivity contribution is 5.95. The van der Waals surface area contributed by atoms with Crippen LogP contribution in [0.2, 0.25) is 0 Å². The maximum absolute atomic E-state index is 13.1. The maximum Gasteiger partial charge on any atom is 0.254 e. The molecule has 0 spiro atoms. The summed E-state index contributed by atoms with van der Waals surface area (Å²) in [5.74, 6) is 4.29. The van der Waals surface area contributed by atoms with Gasteiger partial charge in [0, 0.05) is 60.9 Å². The zero-order valence-corrected chi connectivity index (χ0v) is 17.9. The van der Waals surface area contributed by atoms with E-state index in [1.807, 2.05) is 11.8 Å². The van der Waals surface area contributed by atoms with Crippen molar-refractivity contribution in [3.63, 3.8) is 0 Å². The molecule has 2 fully saturated rings. The monoisotopic (exact) mass is 408 g/mol. The number of amides is 1. The van der Waals surface area contributed by atoms with Gasteiger partial charge in [-0.15, -0.1) is 0 Å². The van der Waals surface area contributed by atoms with E-state index >= 15 is 0 Å². The molecule has 3 heterocycles. The van der Waals surface area contributed by atoms with Crippen molar-refractivity contribution in [2.75, 3.05) is 45.3 Å². The van der Waals surface area contributed by atoms with Gasteiger partial charge in [0.05, 0.1) is 14.2 Å². The molecule has 2 saturated heterocycles. The van der Waals surface area contributed by atoms with E-state index in [9.17, 15) is 4.79 Å². The molecular formula is C23H28N4O3. The Morgan fingerprint density at radius 1 is 0.967 bits per heavy atom. The summed E-state index contributed by atoms with van der Waals surface area (Å²) in [4.78, 5) is 27.0. The Labute approximate surface area is 177 Å². The number of rotatable bonds is 4. The average molecular weight is 409 g/mol. The Morgan fingerprint density at radius 3 is 2.27 bits per heavy atom. The van der Waals surface area contributed by atoms with Gasteiger partial charge in [0.25, 0.3) is 5.91 Å². The van der Waals surface area contributed by atoms with E-state index in [2.05, 4.69) is 9.88 Å². The quantitative estimate of drug-likeness (QED) is 0.774. The van der Waals surface area contributed by atoms with Crippen LogP contribution in [0.5, 0.6) is 11.5 Å². The second-order valence-corrected chi connectivity index (χ2v) is 8.61. The zero-order chi connectivity index (χ0) is 20.8. The lowest BCUT2D eigenvalue weighted by Gasteiger charge is -2.24. The zero-order valence-electron chi connectivity index (χ0n) is 17.9. The predicted octanol–water partition coefficient (Wildman–Crippen LogP) is 2.50. The topological polar surface area (TPSA) is 67.8 Å². The first-order valence-corrected chi connectivity index (χ1v) is 10.7. The largest absolute Gasteiger partial charge is 0.497 e. The van der Waals surface area contributed by atoms with Gasteiger partial charge in [0.2, 0.25) is 0 Å². The van der Waals surface area contributed by atoms with Crippen LogP contribution >= 0.6 is 0 Å². The number of anilines is 1. The summed E-state index contributed by atoms with van der Waals surface area (Å²) in [5, 5.41) is 0. The maximum atomic E-state index is 13.1. The van der Waals surface area contributed by atoms with Gasteiger partial charge >= 0.3 is 0 Å². The lowest BCUT2D eigenvalue weighted by molar-refractivity contribution is 0.0782. The van der Waals surface area contributed by atoms with E-state index < -0.39 is 0 Å². The summed E-state index contributed by atoms with van der Waals surface area (Å²) < 4.78 is 10.6.